The second-order valence-electron chi connectivity index (χ2n) is 5.58. The zero-order chi connectivity index (χ0) is 16.1. The van der Waals surface area contributed by atoms with Crippen LogP contribution in [0, 0.1) is 13.8 Å². The Labute approximate surface area is 130 Å². The molecule has 2 atom stereocenters. The molecule has 22 heavy (non-hydrogen) atoms. The van der Waals surface area contributed by atoms with Gasteiger partial charge in [0.25, 0.3) is 0 Å². The summed E-state index contributed by atoms with van der Waals surface area (Å²) in [7, 11) is 0. The highest BCUT2D eigenvalue weighted by Crippen LogP contribution is 2.08. The minimum atomic E-state index is -0.288. The molecule has 0 fully saturated rings. The van der Waals surface area contributed by atoms with Gasteiger partial charge in [0.1, 0.15) is 5.76 Å². The Bertz CT molecular complexity index is 619. The van der Waals surface area contributed by atoms with Gasteiger partial charge in [-0.3, -0.25) is 9.48 Å². The van der Waals surface area contributed by atoms with Crippen molar-refractivity contribution < 1.29 is 9.32 Å². The molecule has 7 heteroatoms. The average Bonchev–Trinajstić information content (AvgIpc) is 3.04. The van der Waals surface area contributed by atoms with E-state index >= 15 is 0 Å². The van der Waals surface area contributed by atoms with Crippen LogP contribution in [0.4, 0.5) is 5.82 Å². The van der Waals surface area contributed by atoms with E-state index < -0.39 is 0 Å². The van der Waals surface area contributed by atoms with E-state index in [1.54, 1.807) is 13.0 Å². The second kappa shape index (κ2) is 7.22. The SMILES string of the molecule is CC[C@@H](N[C@H](C)Cn1cc(C)cn1)C(=O)Nc1cc(C)on1. The van der Waals surface area contributed by atoms with Crippen molar-refractivity contribution in [2.24, 2.45) is 0 Å². The Hall–Kier alpha value is -2.15. The first kappa shape index (κ1) is 16.2. The van der Waals surface area contributed by atoms with Crippen LogP contribution >= 0.6 is 0 Å². The molecule has 1 amide bonds. The van der Waals surface area contributed by atoms with Gasteiger partial charge in [0.15, 0.2) is 5.82 Å². The van der Waals surface area contributed by atoms with Crippen molar-refractivity contribution in [3.63, 3.8) is 0 Å². The maximum Gasteiger partial charge on any atom is 0.242 e. The van der Waals surface area contributed by atoms with E-state index in [0.29, 0.717) is 24.5 Å². The summed E-state index contributed by atoms with van der Waals surface area (Å²) in [5, 5.41) is 14.1. The standard InChI is InChI=1S/C15H23N5O2/c1-5-13(15(21)18-14-6-12(4)22-19-14)17-11(3)9-20-8-10(2)7-16-20/h6-8,11,13,17H,5,9H2,1-4H3,(H,18,19,21)/t11-,13-/m1/s1. The fourth-order valence-electron chi connectivity index (χ4n) is 2.26. The predicted octanol–water partition coefficient (Wildman–Crippen LogP) is 1.88. The van der Waals surface area contributed by atoms with Gasteiger partial charge in [-0.15, -0.1) is 0 Å². The van der Waals surface area contributed by atoms with Gasteiger partial charge in [-0.05, 0) is 32.8 Å². The van der Waals surface area contributed by atoms with E-state index in [1.807, 2.05) is 37.8 Å². The van der Waals surface area contributed by atoms with Gasteiger partial charge in [0, 0.05) is 18.3 Å². The van der Waals surface area contributed by atoms with Crippen molar-refractivity contribution in [2.45, 2.75) is 52.7 Å². The van der Waals surface area contributed by atoms with Crippen LogP contribution in [0.15, 0.2) is 23.0 Å². The summed E-state index contributed by atoms with van der Waals surface area (Å²) in [6.07, 6.45) is 4.49. The van der Waals surface area contributed by atoms with Crippen molar-refractivity contribution in [1.82, 2.24) is 20.3 Å². The quantitative estimate of drug-likeness (QED) is 0.816. The van der Waals surface area contributed by atoms with Crippen molar-refractivity contribution in [3.8, 4) is 0 Å². The van der Waals surface area contributed by atoms with E-state index in [4.69, 9.17) is 4.52 Å². The summed E-state index contributed by atoms with van der Waals surface area (Å²) in [6, 6.07) is 1.53. The molecule has 0 radical (unpaired) electrons. The normalized spacial score (nSPS) is 13.8. The third-order valence-corrected chi connectivity index (χ3v) is 3.31. The predicted molar refractivity (Wildman–Crippen MR) is 83.5 cm³/mol. The monoisotopic (exact) mass is 305 g/mol. The summed E-state index contributed by atoms with van der Waals surface area (Å²) >= 11 is 0. The fraction of sp³-hybridized carbons (Fsp3) is 0.533. The number of carbonyl (C=O) groups excluding carboxylic acids is 1. The molecule has 0 bridgehead atoms. The Morgan fingerprint density at radius 3 is 2.77 bits per heavy atom. The number of hydrogen-bond acceptors (Lipinski definition) is 5. The van der Waals surface area contributed by atoms with Gasteiger partial charge in [-0.1, -0.05) is 12.1 Å². The molecule has 0 aliphatic carbocycles. The van der Waals surface area contributed by atoms with Gasteiger partial charge < -0.3 is 15.2 Å². The Kier molecular flexibility index (Phi) is 5.32. The van der Waals surface area contributed by atoms with E-state index in [0.717, 1.165) is 5.56 Å². The van der Waals surface area contributed by atoms with Crippen molar-refractivity contribution in [3.05, 3.63) is 29.8 Å². The molecule has 0 unspecified atom stereocenters. The molecule has 2 rings (SSSR count). The topological polar surface area (TPSA) is 85.0 Å². The summed E-state index contributed by atoms with van der Waals surface area (Å²) in [6.45, 7) is 8.50. The Balaban J connectivity index is 1.88. The molecule has 0 saturated carbocycles. The highest BCUT2D eigenvalue weighted by atomic mass is 16.5. The number of hydrogen-bond donors (Lipinski definition) is 2. The number of carbonyl (C=O) groups is 1. The Morgan fingerprint density at radius 1 is 1.45 bits per heavy atom. The third-order valence-electron chi connectivity index (χ3n) is 3.31. The van der Waals surface area contributed by atoms with E-state index in [9.17, 15) is 4.79 Å². The number of rotatable bonds is 7. The molecule has 0 aliphatic rings. The lowest BCUT2D eigenvalue weighted by Crippen LogP contribution is -2.46. The fourth-order valence-corrected chi connectivity index (χ4v) is 2.26. The molecule has 2 aromatic rings. The summed E-state index contributed by atoms with van der Waals surface area (Å²) in [5.41, 5.74) is 1.12. The summed E-state index contributed by atoms with van der Waals surface area (Å²) in [4.78, 5) is 12.3. The third kappa shape index (κ3) is 4.42. The highest BCUT2D eigenvalue weighted by molar-refractivity contribution is 5.93. The number of nitrogens with one attached hydrogen (secondary N) is 2. The minimum absolute atomic E-state index is 0.112. The first-order valence-electron chi connectivity index (χ1n) is 7.47. The maximum absolute atomic E-state index is 12.3. The zero-order valence-electron chi connectivity index (χ0n) is 13.5. The first-order chi connectivity index (χ1) is 10.5. The van der Waals surface area contributed by atoms with Crippen LogP contribution in [-0.2, 0) is 11.3 Å². The number of aromatic nitrogens is 3. The van der Waals surface area contributed by atoms with Crippen LogP contribution in [0.5, 0.6) is 0 Å². The van der Waals surface area contributed by atoms with Crippen LogP contribution in [0.2, 0.25) is 0 Å². The number of aryl methyl sites for hydroxylation is 2. The van der Waals surface area contributed by atoms with Crippen LogP contribution in [-0.4, -0.2) is 32.9 Å². The van der Waals surface area contributed by atoms with E-state index in [2.05, 4.69) is 20.9 Å². The zero-order valence-corrected chi connectivity index (χ0v) is 13.5. The lowest BCUT2D eigenvalue weighted by Gasteiger charge is -2.21. The van der Waals surface area contributed by atoms with Crippen molar-refractivity contribution in [1.29, 1.82) is 0 Å². The van der Waals surface area contributed by atoms with Crippen LogP contribution in [0.3, 0.4) is 0 Å². The molecule has 0 aromatic carbocycles. The first-order valence-corrected chi connectivity index (χ1v) is 7.47. The maximum atomic E-state index is 12.3. The van der Waals surface area contributed by atoms with E-state index in [-0.39, 0.29) is 18.0 Å². The average molecular weight is 305 g/mol. The van der Waals surface area contributed by atoms with Gasteiger partial charge in [0.2, 0.25) is 5.91 Å². The molecule has 7 nitrogen and oxygen atoms in total. The van der Waals surface area contributed by atoms with E-state index in [1.165, 1.54) is 0 Å². The highest BCUT2D eigenvalue weighted by Gasteiger charge is 2.20. The Morgan fingerprint density at radius 2 is 2.23 bits per heavy atom. The number of nitrogens with zero attached hydrogens (tertiary/aromatic N) is 3. The molecule has 0 aliphatic heterocycles. The van der Waals surface area contributed by atoms with Crippen LogP contribution in [0.25, 0.3) is 0 Å². The van der Waals surface area contributed by atoms with Gasteiger partial charge in [-0.25, -0.2) is 0 Å². The molecule has 2 aromatic heterocycles. The molecule has 2 heterocycles. The lowest BCUT2D eigenvalue weighted by atomic mass is 10.1. The largest absolute Gasteiger partial charge is 0.360 e. The molecular weight excluding hydrogens is 282 g/mol. The molecule has 0 spiro atoms. The molecule has 0 saturated heterocycles. The lowest BCUT2D eigenvalue weighted by molar-refractivity contribution is -0.118. The molecule has 120 valence electrons. The van der Waals surface area contributed by atoms with Gasteiger partial charge in [0.05, 0.1) is 18.8 Å². The van der Waals surface area contributed by atoms with Crippen LogP contribution in [0.1, 0.15) is 31.6 Å². The van der Waals surface area contributed by atoms with Crippen molar-refractivity contribution >= 4 is 11.7 Å². The second-order valence-corrected chi connectivity index (χ2v) is 5.58. The minimum Gasteiger partial charge on any atom is -0.360 e. The number of anilines is 1. The number of amides is 1. The van der Waals surface area contributed by atoms with Gasteiger partial charge >= 0.3 is 0 Å². The molecular formula is C15H23N5O2. The molecule has 2 N–H and O–H groups in total. The van der Waals surface area contributed by atoms with Crippen LogP contribution < -0.4 is 10.6 Å². The summed E-state index contributed by atoms with van der Waals surface area (Å²) in [5.74, 6) is 0.996. The van der Waals surface area contributed by atoms with Crippen molar-refractivity contribution in [2.75, 3.05) is 5.32 Å². The van der Waals surface area contributed by atoms with Gasteiger partial charge in [-0.2, -0.15) is 5.10 Å². The summed E-state index contributed by atoms with van der Waals surface area (Å²) < 4.78 is 6.82. The smallest absolute Gasteiger partial charge is 0.242 e.